The summed E-state index contributed by atoms with van der Waals surface area (Å²) < 4.78 is 47.1. The molecule has 0 bridgehead atoms. The van der Waals surface area contributed by atoms with Crippen molar-refractivity contribution in [2.24, 2.45) is 5.92 Å². The zero-order chi connectivity index (χ0) is 26.0. The molecule has 1 heterocycles. The number of halogens is 4. The number of amides is 1. The predicted octanol–water partition coefficient (Wildman–Crippen LogP) is 5.92. The van der Waals surface area contributed by atoms with Crippen LogP contribution in [0, 0.1) is 11.7 Å². The van der Waals surface area contributed by atoms with E-state index in [-0.39, 0.29) is 16.3 Å². The van der Waals surface area contributed by atoms with E-state index in [1.807, 2.05) is 0 Å². The van der Waals surface area contributed by atoms with Crippen LogP contribution < -0.4 is 10.0 Å². The van der Waals surface area contributed by atoms with Crippen molar-refractivity contribution in [2.75, 3.05) is 12.4 Å². The number of aromatic nitrogens is 1. The first-order chi connectivity index (χ1) is 17.2. The molecule has 1 aliphatic rings. The standard InChI is InChI=1S/C26H22ClF3N2O4/c1-36-26(34)15-4-7-17(8-5-15)31-25(33)19(12-14-2-3-14)21-11-6-16(13-32(21)35)22-18(24(29)30)9-10-20(27)23(22)28/h4-11,13-14,19,24H,2-3,12H2,1H3,(H-,31,33,34,35)/p+1. The molecule has 1 saturated carbocycles. The summed E-state index contributed by atoms with van der Waals surface area (Å²) in [4.78, 5) is 24.8. The van der Waals surface area contributed by atoms with Gasteiger partial charge in [-0.2, -0.15) is 0 Å². The predicted molar refractivity (Wildman–Crippen MR) is 126 cm³/mol. The third kappa shape index (κ3) is 5.46. The lowest BCUT2D eigenvalue weighted by molar-refractivity contribution is -0.909. The zero-order valence-electron chi connectivity index (χ0n) is 19.2. The van der Waals surface area contributed by atoms with E-state index in [0.717, 1.165) is 31.2 Å². The summed E-state index contributed by atoms with van der Waals surface area (Å²) in [5.41, 5.74) is -0.00803. The topological polar surface area (TPSA) is 79.5 Å². The molecule has 1 aromatic heterocycles. The molecule has 0 spiro atoms. The second-order valence-electron chi connectivity index (χ2n) is 8.60. The number of hydrogen-bond donors (Lipinski definition) is 2. The van der Waals surface area contributed by atoms with E-state index < -0.39 is 41.2 Å². The summed E-state index contributed by atoms with van der Waals surface area (Å²) in [6, 6.07) is 11.0. The van der Waals surface area contributed by atoms with Crippen molar-refractivity contribution in [3.8, 4) is 11.1 Å². The van der Waals surface area contributed by atoms with Gasteiger partial charge in [-0.3, -0.25) is 10.0 Å². The Kier molecular flexibility index (Phi) is 7.49. The van der Waals surface area contributed by atoms with Gasteiger partial charge in [0, 0.05) is 27.6 Å². The molecule has 1 unspecified atom stereocenters. The van der Waals surface area contributed by atoms with Crippen molar-refractivity contribution in [2.45, 2.75) is 31.6 Å². The highest BCUT2D eigenvalue weighted by molar-refractivity contribution is 6.31. The van der Waals surface area contributed by atoms with Gasteiger partial charge in [-0.15, -0.1) is 0 Å². The normalized spacial score (nSPS) is 13.9. The lowest BCUT2D eigenvalue weighted by atomic mass is 9.94. The third-order valence-electron chi connectivity index (χ3n) is 6.12. The molecule has 10 heteroatoms. The first kappa shape index (κ1) is 25.5. The Morgan fingerprint density at radius 3 is 2.42 bits per heavy atom. The average Bonchev–Trinajstić information content (AvgIpc) is 3.68. The fourth-order valence-electron chi connectivity index (χ4n) is 4.05. The first-order valence-corrected chi connectivity index (χ1v) is 11.6. The molecule has 2 aromatic carbocycles. The fourth-order valence-corrected chi connectivity index (χ4v) is 4.21. The van der Waals surface area contributed by atoms with Gasteiger partial charge >= 0.3 is 5.97 Å². The number of nitrogens with zero attached hydrogens (tertiary/aromatic N) is 1. The summed E-state index contributed by atoms with van der Waals surface area (Å²) in [6.45, 7) is 0. The van der Waals surface area contributed by atoms with Gasteiger partial charge in [0.15, 0.2) is 0 Å². The molecule has 1 amide bonds. The number of esters is 1. The molecule has 188 valence electrons. The first-order valence-electron chi connectivity index (χ1n) is 11.2. The van der Waals surface area contributed by atoms with E-state index in [0.29, 0.717) is 28.3 Å². The smallest absolute Gasteiger partial charge is 0.337 e. The van der Waals surface area contributed by atoms with Crippen LogP contribution in [-0.2, 0) is 9.53 Å². The van der Waals surface area contributed by atoms with Crippen LogP contribution in [0.25, 0.3) is 11.1 Å². The monoisotopic (exact) mass is 519 g/mol. The Hall–Kier alpha value is -3.59. The van der Waals surface area contributed by atoms with Gasteiger partial charge in [-0.05, 0) is 48.7 Å². The molecule has 3 aromatic rings. The lowest BCUT2D eigenvalue weighted by Crippen LogP contribution is -2.40. The van der Waals surface area contributed by atoms with Crippen molar-refractivity contribution < 1.29 is 37.4 Å². The SMILES string of the molecule is COC(=O)c1ccc(NC(=O)C(CC2CC2)c2ccc(-c3c(C(F)F)ccc(Cl)c3F)c[n+]2O)cc1. The Morgan fingerprint density at radius 2 is 1.83 bits per heavy atom. The number of alkyl halides is 2. The van der Waals surface area contributed by atoms with Crippen LogP contribution in [0.15, 0.2) is 54.7 Å². The van der Waals surface area contributed by atoms with Gasteiger partial charge in [-0.1, -0.05) is 30.5 Å². The number of methoxy groups -OCH3 is 1. The number of ether oxygens (including phenoxy) is 1. The van der Waals surface area contributed by atoms with Gasteiger partial charge in [0.1, 0.15) is 11.7 Å². The molecule has 0 saturated heterocycles. The molecule has 4 rings (SSSR count). The van der Waals surface area contributed by atoms with Crippen molar-refractivity contribution >= 4 is 29.2 Å². The zero-order valence-corrected chi connectivity index (χ0v) is 19.9. The summed E-state index contributed by atoms with van der Waals surface area (Å²) in [7, 11) is 1.27. The average molecular weight is 520 g/mol. The number of rotatable bonds is 8. The third-order valence-corrected chi connectivity index (χ3v) is 6.42. The largest absolute Gasteiger partial charge is 0.465 e. The minimum absolute atomic E-state index is 0.0134. The van der Waals surface area contributed by atoms with Crippen molar-refractivity contribution in [3.05, 3.63) is 82.4 Å². The van der Waals surface area contributed by atoms with Crippen LogP contribution in [0.1, 0.15) is 53.2 Å². The molecule has 36 heavy (non-hydrogen) atoms. The van der Waals surface area contributed by atoms with E-state index in [2.05, 4.69) is 10.1 Å². The summed E-state index contributed by atoms with van der Waals surface area (Å²) in [5, 5.41) is 13.2. The maximum atomic E-state index is 14.7. The molecule has 1 aliphatic carbocycles. The molecule has 2 N–H and O–H groups in total. The molecule has 0 aliphatic heterocycles. The quantitative estimate of drug-likeness (QED) is 0.220. The molecule has 0 radical (unpaired) electrons. The van der Waals surface area contributed by atoms with E-state index in [9.17, 15) is 28.0 Å². The van der Waals surface area contributed by atoms with Crippen molar-refractivity contribution in [3.63, 3.8) is 0 Å². The van der Waals surface area contributed by atoms with Gasteiger partial charge in [0.05, 0.1) is 23.3 Å². The van der Waals surface area contributed by atoms with Gasteiger partial charge in [0.25, 0.3) is 6.43 Å². The Labute approximate surface area is 210 Å². The number of carbonyl (C=O) groups excluding carboxylic acids is 2. The minimum atomic E-state index is -2.96. The van der Waals surface area contributed by atoms with Crippen LogP contribution in [-0.4, -0.2) is 24.2 Å². The number of hydrogen-bond acceptors (Lipinski definition) is 4. The highest BCUT2D eigenvalue weighted by Crippen LogP contribution is 2.40. The van der Waals surface area contributed by atoms with Gasteiger partial charge in [-0.25, -0.2) is 18.0 Å². The highest BCUT2D eigenvalue weighted by Gasteiger charge is 2.36. The molecule has 6 nitrogen and oxygen atoms in total. The van der Waals surface area contributed by atoms with Gasteiger partial charge < -0.3 is 10.1 Å². The number of nitrogens with one attached hydrogen (secondary N) is 1. The summed E-state index contributed by atoms with van der Waals surface area (Å²) in [6.07, 6.45) is 0.491. The highest BCUT2D eigenvalue weighted by atomic mass is 35.5. The fraction of sp³-hybridized carbons (Fsp3) is 0.269. The maximum Gasteiger partial charge on any atom is 0.337 e. The Morgan fingerprint density at radius 1 is 1.14 bits per heavy atom. The number of anilines is 1. The van der Waals surface area contributed by atoms with Crippen LogP contribution in [0.2, 0.25) is 5.02 Å². The van der Waals surface area contributed by atoms with E-state index in [4.69, 9.17) is 11.6 Å². The minimum Gasteiger partial charge on any atom is -0.465 e. The molecular formula is C26H23ClF3N2O4+. The lowest BCUT2D eigenvalue weighted by Gasteiger charge is -2.15. The Balaban J connectivity index is 1.64. The van der Waals surface area contributed by atoms with Crippen LogP contribution in [0.3, 0.4) is 0 Å². The maximum absolute atomic E-state index is 14.7. The second kappa shape index (κ2) is 10.6. The van der Waals surface area contributed by atoms with Crippen LogP contribution >= 0.6 is 11.6 Å². The van der Waals surface area contributed by atoms with Crippen LogP contribution in [0.5, 0.6) is 0 Å². The number of benzene rings is 2. The molecule has 1 atom stereocenters. The van der Waals surface area contributed by atoms with Crippen molar-refractivity contribution in [1.82, 2.24) is 0 Å². The summed E-state index contributed by atoms with van der Waals surface area (Å²) >= 11 is 5.81. The molecular weight excluding hydrogens is 497 g/mol. The van der Waals surface area contributed by atoms with E-state index in [1.54, 1.807) is 12.1 Å². The Bertz CT molecular complexity index is 1300. The summed E-state index contributed by atoms with van der Waals surface area (Å²) in [5.74, 6) is -2.39. The molecule has 1 fully saturated rings. The van der Waals surface area contributed by atoms with Gasteiger partial charge in [0.2, 0.25) is 17.8 Å². The second-order valence-corrected chi connectivity index (χ2v) is 9.01. The number of carbonyl (C=O) groups is 2. The van der Waals surface area contributed by atoms with Crippen LogP contribution in [0.4, 0.5) is 18.9 Å². The van der Waals surface area contributed by atoms with Crippen molar-refractivity contribution in [1.29, 1.82) is 0 Å². The van der Waals surface area contributed by atoms with E-state index in [1.165, 1.54) is 31.4 Å². The van der Waals surface area contributed by atoms with E-state index >= 15 is 0 Å². The number of pyridine rings is 1.